The Morgan fingerprint density at radius 1 is 1.44 bits per heavy atom. The summed E-state index contributed by atoms with van der Waals surface area (Å²) in [6.07, 6.45) is 1.94. The Morgan fingerprint density at radius 3 is 2.50 bits per heavy atom. The number of halogens is 1. The SMILES string of the molecule is CC(CN)N(C)Cc1cnc(N(C)C)s1.Cl. The lowest BCUT2D eigenvalue weighted by Gasteiger charge is -2.22. The third-order valence-corrected chi connectivity index (χ3v) is 3.57. The van der Waals surface area contributed by atoms with E-state index in [1.165, 1.54) is 4.88 Å². The van der Waals surface area contributed by atoms with E-state index < -0.39 is 0 Å². The summed E-state index contributed by atoms with van der Waals surface area (Å²) in [5.74, 6) is 0. The number of nitrogens with two attached hydrogens (primary N) is 1. The van der Waals surface area contributed by atoms with Crippen LogP contribution in [0.25, 0.3) is 0 Å². The van der Waals surface area contributed by atoms with E-state index >= 15 is 0 Å². The van der Waals surface area contributed by atoms with Gasteiger partial charge in [0.2, 0.25) is 0 Å². The molecule has 0 amide bonds. The summed E-state index contributed by atoms with van der Waals surface area (Å²) in [5.41, 5.74) is 5.62. The van der Waals surface area contributed by atoms with Crippen molar-refractivity contribution in [3.05, 3.63) is 11.1 Å². The molecule has 0 bridgehead atoms. The minimum Gasteiger partial charge on any atom is -0.354 e. The van der Waals surface area contributed by atoms with E-state index in [0.717, 1.165) is 11.7 Å². The summed E-state index contributed by atoms with van der Waals surface area (Å²) in [6.45, 7) is 3.74. The molecule has 0 saturated heterocycles. The van der Waals surface area contributed by atoms with Crippen LogP contribution in [-0.2, 0) is 6.54 Å². The number of thiazole rings is 1. The van der Waals surface area contributed by atoms with Crippen molar-refractivity contribution in [2.45, 2.75) is 19.5 Å². The van der Waals surface area contributed by atoms with Gasteiger partial charge in [-0.05, 0) is 14.0 Å². The molecule has 1 unspecified atom stereocenters. The highest BCUT2D eigenvalue weighted by atomic mass is 35.5. The monoisotopic (exact) mass is 264 g/mol. The number of hydrogen-bond donors (Lipinski definition) is 1. The minimum absolute atomic E-state index is 0. The van der Waals surface area contributed by atoms with Crippen LogP contribution in [0.2, 0.25) is 0 Å². The normalized spacial score (nSPS) is 12.4. The first-order valence-electron chi connectivity index (χ1n) is 5.07. The number of hydrogen-bond acceptors (Lipinski definition) is 5. The molecule has 1 aromatic rings. The van der Waals surface area contributed by atoms with Gasteiger partial charge in [-0.25, -0.2) is 4.98 Å². The first-order chi connectivity index (χ1) is 7.04. The molecule has 16 heavy (non-hydrogen) atoms. The standard InChI is InChI=1S/C10H20N4S.ClH/c1-8(5-11)14(4)7-9-6-12-10(15-9)13(2)3;/h6,8H,5,7,11H2,1-4H3;1H. The second-order valence-electron chi connectivity index (χ2n) is 4.00. The number of likely N-dealkylation sites (N-methyl/N-ethyl adjacent to an activating group) is 1. The maximum atomic E-state index is 5.62. The zero-order chi connectivity index (χ0) is 11.4. The minimum atomic E-state index is 0. The average molecular weight is 265 g/mol. The van der Waals surface area contributed by atoms with Gasteiger partial charge in [-0.2, -0.15) is 0 Å². The van der Waals surface area contributed by atoms with E-state index in [0.29, 0.717) is 12.6 Å². The van der Waals surface area contributed by atoms with Gasteiger partial charge in [0, 0.05) is 44.3 Å². The van der Waals surface area contributed by atoms with Crippen LogP contribution in [0.15, 0.2) is 6.20 Å². The van der Waals surface area contributed by atoms with Crippen LogP contribution in [-0.4, -0.2) is 43.6 Å². The number of anilines is 1. The lowest BCUT2D eigenvalue weighted by Crippen LogP contribution is -2.34. The summed E-state index contributed by atoms with van der Waals surface area (Å²) < 4.78 is 0. The van der Waals surface area contributed by atoms with E-state index in [-0.39, 0.29) is 12.4 Å². The molecule has 1 heterocycles. The van der Waals surface area contributed by atoms with Crippen LogP contribution in [0.5, 0.6) is 0 Å². The molecule has 6 heteroatoms. The lowest BCUT2D eigenvalue weighted by molar-refractivity contribution is 0.257. The number of nitrogens with zero attached hydrogens (tertiary/aromatic N) is 3. The van der Waals surface area contributed by atoms with Crippen molar-refractivity contribution in [1.82, 2.24) is 9.88 Å². The van der Waals surface area contributed by atoms with Crippen molar-refractivity contribution in [2.24, 2.45) is 5.73 Å². The summed E-state index contributed by atoms with van der Waals surface area (Å²) >= 11 is 1.73. The third kappa shape index (κ3) is 4.25. The molecule has 2 N–H and O–H groups in total. The molecule has 94 valence electrons. The molecule has 0 aliphatic rings. The molecule has 0 radical (unpaired) electrons. The molecular weight excluding hydrogens is 244 g/mol. The Hall–Kier alpha value is -0.360. The van der Waals surface area contributed by atoms with Crippen molar-refractivity contribution < 1.29 is 0 Å². The average Bonchev–Trinajstić information content (AvgIpc) is 2.65. The molecule has 4 nitrogen and oxygen atoms in total. The lowest BCUT2D eigenvalue weighted by atomic mass is 10.3. The van der Waals surface area contributed by atoms with Crippen LogP contribution in [0.1, 0.15) is 11.8 Å². The Kier molecular flexibility index (Phi) is 6.90. The van der Waals surface area contributed by atoms with E-state index in [9.17, 15) is 0 Å². The molecule has 1 aromatic heterocycles. The van der Waals surface area contributed by atoms with E-state index in [1.54, 1.807) is 11.3 Å². The van der Waals surface area contributed by atoms with Crippen molar-refractivity contribution in [1.29, 1.82) is 0 Å². The van der Waals surface area contributed by atoms with Gasteiger partial charge in [-0.3, -0.25) is 4.90 Å². The third-order valence-electron chi connectivity index (χ3n) is 2.42. The van der Waals surface area contributed by atoms with Gasteiger partial charge in [0.1, 0.15) is 0 Å². The van der Waals surface area contributed by atoms with Crippen LogP contribution in [0.3, 0.4) is 0 Å². The van der Waals surface area contributed by atoms with Crippen LogP contribution < -0.4 is 10.6 Å². The summed E-state index contributed by atoms with van der Waals surface area (Å²) in [4.78, 5) is 9.89. The highest BCUT2D eigenvalue weighted by molar-refractivity contribution is 7.15. The van der Waals surface area contributed by atoms with Gasteiger partial charge in [0.05, 0.1) is 0 Å². The Morgan fingerprint density at radius 2 is 2.06 bits per heavy atom. The zero-order valence-electron chi connectivity index (χ0n) is 10.3. The Bertz CT molecular complexity index is 303. The molecule has 0 fully saturated rings. The smallest absolute Gasteiger partial charge is 0.185 e. The fourth-order valence-corrected chi connectivity index (χ4v) is 2.05. The van der Waals surface area contributed by atoms with Gasteiger partial charge >= 0.3 is 0 Å². The molecule has 1 atom stereocenters. The quantitative estimate of drug-likeness (QED) is 0.874. The second-order valence-corrected chi connectivity index (χ2v) is 5.10. The van der Waals surface area contributed by atoms with Crippen molar-refractivity contribution >= 4 is 28.9 Å². The largest absolute Gasteiger partial charge is 0.354 e. The van der Waals surface area contributed by atoms with Crippen molar-refractivity contribution in [3.63, 3.8) is 0 Å². The van der Waals surface area contributed by atoms with Crippen LogP contribution in [0.4, 0.5) is 5.13 Å². The zero-order valence-corrected chi connectivity index (χ0v) is 11.9. The fraction of sp³-hybridized carbons (Fsp3) is 0.700. The van der Waals surface area contributed by atoms with Gasteiger partial charge < -0.3 is 10.6 Å². The van der Waals surface area contributed by atoms with E-state index in [2.05, 4.69) is 23.9 Å². The van der Waals surface area contributed by atoms with Crippen LogP contribution >= 0.6 is 23.7 Å². The van der Waals surface area contributed by atoms with Gasteiger partial charge in [0.15, 0.2) is 5.13 Å². The maximum Gasteiger partial charge on any atom is 0.185 e. The van der Waals surface area contributed by atoms with Gasteiger partial charge in [-0.1, -0.05) is 0 Å². The molecule has 1 rings (SSSR count). The Balaban J connectivity index is 0.00000225. The van der Waals surface area contributed by atoms with E-state index in [1.807, 2.05) is 25.2 Å². The molecule has 0 aliphatic carbocycles. The van der Waals surface area contributed by atoms with Crippen LogP contribution in [0, 0.1) is 0 Å². The Labute approximate surface area is 108 Å². The number of aromatic nitrogens is 1. The van der Waals surface area contributed by atoms with E-state index in [4.69, 9.17) is 5.73 Å². The highest BCUT2D eigenvalue weighted by Gasteiger charge is 2.10. The summed E-state index contributed by atoms with van der Waals surface area (Å²) in [7, 11) is 6.11. The summed E-state index contributed by atoms with van der Waals surface area (Å²) in [5, 5.41) is 1.05. The summed E-state index contributed by atoms with van der Waals surface area (Å²) in [6, 6.07) is 0.412. The maximum absolute atomic E-state index is 5.62. The van der Waals surface area contributed by atoms with Gasteiger partial charge in [0.25, 0.3) is 0 Å². The topological polar surface area (TPSA) is 45.4 Å². The molecule has 0 saturated carbocycles. The molecule has 0 spiro atoms. The predicted octanol–water partition coefficient (Wildman–Crippen LogP) is 1.41. The first-order valence-corrected chi connectivity index (χ1v) is 5.88. The fourth-order valence-electron chi connectivity index (χ4n) is 1.16. The van der Waals surface area contributed by atoms with Crippen molar-refractivity contribution in [3.8, 4) is 0 Å². The molecular formula is C10H21ClN4S. The second kappa shape index (κ2) is 7.06. The predicted molar refractivity (Wildman–Crippen MR) is 73.7 cm³/mol. The molecule has 0 aliphatic heterocycles. The highest BCUT2D eigenvalue weighted by Crippen LogP contribution is 2.21. The first kappa shape index (κ1) is 15.6. The molecule has 0 aromatic carbocycles. The van der Waals surface area contributed by atoms with Gasteiger partial charge in [-0.15, -0.1) is 23.7 Å². The number of rotatable bonds is 5. The van der Waals surface area contributed by atoms with Crippen molar-refractivity contribution in [2.75, 3.05) is 32.6 Å².